The summed E-state index contributed by atoms with van der Waals surface area (Å²) < 4.78 is 55.9. The number of esters is 1. The van der Waals surface area contributed by atoms with Crippen LogP contribution in [0.1, 0.15) is 37.8 Å². The van der Waals surface area contributed by atoms with Gasteiger partial charge in [-0.15, -0.1) is 0 Å². The molecule has 0 bridgehead atoms. The topological polar surface area (TPSA) is 105 Å². The van der Waals surface area contributed by atoms with Crippen LogP contribution in [0.25, 0.3) is 5.57 Å². The molecule has 31 heavy (non-hydrogen) atoms. The molecule has 1 aromatic heterocycles. The van der Waals surface area contributed by atoms with Crippen molar-refractivity contribution in [2.24, 2.45) is 0 Å². The molecule has 1 aliphatic heterocycles. The zero-order chi connectivity index (χ0) is 23.0. The number of benzene rings is 1. The van der Waals surface area contributed by atoms with Crippen LogP contribution >= 0.6 is 0 Å². The number of hydrogen-bond acceptors (Lipinski definition) is 7. The number of ether oxygens (including phenoxy) is 1. The van der Waals surface area contributed by atoms with Gasteiger partial charge in [0.05, 0.1) is 12.3 Å². The molecular formula is C21H27F2N3O4S. The van der Waals surface area contributed by atoms with Crippen molar-refractivity contribution in [3.8, 4) is 0 Å². The Bertz CT molecular complexity index is 998. The number of nitrogens with one attached hydrogen (secondary N) is 2. The summed E-state index contributed by atoms with van der Waals surface area (Å²) in [7, 11) is -2.58. The minimum atomic E-state index is -2.58. The van der Waals surface area contributed by atoms with Crippen LogP contribution in [-0.2, 0) is 19.3 Å². The lowest BCUT2D eigenvalue weighted by Crippen LogP contribution is -2.24. The largest absolute Gasteiger partial charge is 0.461 e. The van der Waals surface area contributed by atoms with E-state index in [1.165, 1.54) is 31.4 Å². The smallest absolute Gasteiger partial charge is 0.302 e. The number of carbonyl (C=O) groups excluding carboxylic acids is 1. The van der Waals surface area contributed by atoms with Crippen molar-refractivity contribution in [1.29, 1.82) is 4.78 Å². The minimum absolute atomic E-state index is 0.0366. The highest BCUT2D eigenvalue weighted by molar-refractivity contribution is 7.92. The van der Waals surface area contributed by atoms with Gasteiger partial charge in [0.1, 0.15) is 24.0 Å². The number of aromatic nitrogens is 1. The molecule has 0 aliphatic carbocycles. The summed E-state index contributed by atoms with van der Waals surface area (Å²) in [6, 6.07) is 4.28. The summed E-state index contributed by atoms with van der Waals surface area (Å²) in [5.74, 6) is -0.547. The number of allylic oxidation sites excluding steroid dienone is 1. The van der Waals surface area contributed by atoms with E-state index in [1.807, 2.05) is 6.92 Å². The normalized spacial score (nSPS) is 18.9. The molecule has 1 aromatic carbocycles. The van der Waals surface area contributed by atoms with E-state index in [9.17, 15) is 17.8 Å². The van der Waals surface area contributed by atoms with Crippen LogP contribution in [0.4, 0.5) is 14.6 Å². The highest BCUT2D eigenvalue weighted by Crippen LogP contribution is 2.28. The maximum atomic E-state index is 13.7. The van der Waals surface area contributed by atoms with Gasteiger partial charge in [0.25, 0.3) is 0 Å². The molecule has 7 nitrogen and oxygen atoms in total. The first kappa shape index (κ1) is 24.5. The van der Waals surface area contributed by atoms with Gasteiger partial charge in [-0.1, -0.05) is 18.2 Å². The van der Waals surface area contributed by atoms with Gasteiger partial charge in [0, 0.05) is 34.0 Å². The number of anilines is 1. The van der Waals surface area contributed by atoms with E-state index >= 15 is 0 Å². The number of carbonyl (C=O) groups is 1. The van der Waals surface area contributed by atoms with Crippen LogP contribution in [0.3, 0.4) is 0 Å². The third kappa shape index (κ3) is 7.78. The van der Waals surface area contributed by atoms with Crippen LogP contribution in [0.2, 0.25) is 0 Å². The molecule has 2 N–H and O–H groups in total. The first-order chi connectivity index (χ1) is 14.6. The highest BCUT2D eigenvalue weighted by atomic mass is 32.2. The predicted molar refractivity (Wildman–Crippen MR) is 115 cm³/mol. The Morgan fingerprint density at radius 2 is 2.06 bits per heavy atom. The molecule has 2 heterocycles. The number of rotatable bonds is 6. The molecule has 0 saturated heterocycles. The Kier molecular flexibility index (Phi) is 8.73. The second-order valence-electron chi connectivity index (χ2n) is 7.17. The lowest BCUT2D eigenvalue weighted by molar-refractivity contribution is -0.145. The first-order valence-electron chi connectivity index (χ1n) is 9.82. The lowest BCUT2D eigenvalue weighted by Gasteiger charge is -2.17. The maximum absolute atomic E-state index is 13.7. The molecule has 0 amide bonds. The van der Waals surface area contributed by atoms with Crippen molar-refractivity contribution in [1.82, 2.24) is 5.16 Å². The molecule has 2 aromatic rings. The van der Waals surface area contributed by atoms with Gasteiger partial charge in [-0.2, -0.15) is 0 Å². The Labute approximate surface area is 180 Å². The second kappa shape index (κ2) is 11.0. The van der Waals surface area contributed by atoms with Crippen LogP contribution in [0, 0.1) is 23.3 Å². The van der Waals surface area contributed by atoms with Crippen molar-refractivity contribution >= 4 is 27.1 Å². The molecule has 0 saturated carbocycles. The Morgan fingerprint density at radius 3 is 2.55 bits per heavy atom. The van der Waals surface area contributed by atoms with E-state index in [2.05, 4.69) is 15.0 Å². The zero-order valence-corrected chi connectivity index (χ0v) is 18.6. The zero-order valence-electron chi connectivity index (χ0n) is 17.7. The Morgan fingerprint density at radius 1 is 1.39 bits per heavy atom. The molecular weight excluding hydrogens is 428 g/mol. The standard InChI is InChI=1S/C12H13F2NOS.C9H14N2O3/c1-8-6-10(13)12(11(14)7-8)9-2-4-17(15,16)5-3-9;1-3-8(14-7(2)12)6-10-9-4-5-13-11-9/h2,6-7,15H,3-5H2,1H3;4-5,8H,3,6H2,1-2H3,(H,10,11). The van der Waals surface area contributed by atoms with E-state index < -0.39 is 21.4 Å². The summed E-state index contributed by atoms with van der Waals surface area (Å²) in [4.78, 5) is 10.7. The summed E-state index contributed by atoms with van der Waals surface area (Å²) in [6.45, 7) is 5.53. The van der Waals surface area contributed by atoms with Gasteiger partial charge in [-0.3, -0.25) is 9.57 Å². The fraction of sp³-hybridized carbons (Fsp3) is 0.429. The van der Waals surface area contributed by atoms with Crippen molar-refractivity contribution in [2.45, 2.75) is 39.7 Å². The molecule has 0 spiro atoms. The quantitative estimate of drug-likeness (QED) is 0.620. The summed E-state index contributed by atoms with van der Waals surface area (Å²) in [6.07, 6.45) is 3.94. The molecule has 1 aliphatic rings. The van der Waals surface area contributed by atoms with Gasteiger partial charge in [0.15, 0.2) is 5.82 Å². The van der Waals surface area contributed by atoms with Gasteiger partial charge in [-0.05, 0) is 43.0 Å². The maximum Gasteiger partial charge on any atom is 0.302 e. The van der Waals surface area contributed by atoms with E-state index in [4.69, 9.17) is 9.52 Å². The Balaban J connectivity index is 0.000000225. The van der Waals surface area contributed by atoms with Crippen LogP contribution in [0.15, 0.2) is 35.1 Å². The number of aryl methyl sites for hydroxylation is 1. The average molecular weight is 456 g/mol. The Hall–Kier alpha value is -2.75. The van der Waals surface area contributed by atoms with Crippen molar-refractivity contribution < 1.29 is 27.0 Å². The molecule has 2 atom stereocenters. The van der Waals surface area contributed by atoms with Gasteiger partial charge >= 0.3 is 5.97 Å². The summed E-state index contributed by atoms with van der Waals surface area (Å²) in [5, 5.41) is 6.67. The van der Waals surface area contributed by atoms with E-state index in [-0.39, 0.29) is 29.1 Å². The van der Waals surface area contributed by atoms with Crippen molar-refractivity contribution in [2.75, 3.05) is 23.4 Å². The van der Waals surface area contributed by atoms with Crippen LogP contribution in [-0.4, -0.2) is 39.5 Å². The minimum Gasteiger partial charge on any atom is -0.461 e. The number of nitrogens with zero attached hydrogens (tertiary/aromatic N) is 1. The van der Waals surface area contributed by atoms with E-state index in [0.717, 1.165) is 6.42 Å². The fourth-order valence-corrected chi connectivity index (χ4v) is 4.14. The molecule has 2 unspecified atom stereocenters. The third-order valence-corrected chi connectivity index (χ3v) is 6.11. The number of halogens is 2. The lowest BCUT2D eigenvalue weighted by atomic mass is 10.0. The summed E-state index contributed by atoms with van der Waals surface area (Å²) >= 11 is 0. The van der Waals surface area contributed by atoms with Crippen LogP contribution < -0.4 is 5.32 Å². The highest BCUT2D eigenvalue weighted by Gasteiger charge is 2.20. The monoisotopic (exact) mass is 455 g/mol. The molecule has 10 heteroatoms. The van der Waals surface area contributed by atoms with E-state index in [0.29, 0.717) is 29.9 Å². The fourth-order valence-electron chi connectivity index (χ4n) is 2.96. The first-order valence-corrected chi connectivity index (χ1v) is 11.7. The summed E-state index contributed by atoms with van der Waals surface area (Å²) in [5.41, 5.74) is 1.01. The van der Waals surface area contributed by atoms with Crippen molar-refractivity contribution in [3.63, 3.8) is 0 Å². The molecule has 0 fully saturated rings. The van der Waals surface area contributed by atoms with Gasteiger partial charge in [-0.25, -0.2) is 13.0 Å². The molecule has 170 valence electrons. The van der Waals surface area contributed by atoms with Crippen molar-refractivity contribution in [3.05, 3.63) is 53.3 Å². The molecule has 3 rings (SSSR count). The van der Waals surface area contributed by atoms with Gasteiger partial charge in [0.2, 0.25) is 0 Å². The second-order valence-corrected chi connectivity index (χ2v) is 9.54. The number of hydrogen-bond donors (Lipinski definition) is 2. The van der Waals surface area contributed by atoms with Crippen LogP contribution in [0.5, 0.6) is 0 Å². The molecule has 0 radical (unpaired) electrons. The van der Waals surface area contributed by atoms with Gasteiger partial charge < -0.3 is 14.6 Å². The van der Waals surface area contributed by atoms with E-state index in [1.54, 1.807) is 13.0 Å². The average Bonchev–Trinajstić information content (AvgIpc) is 3.19. The predicted octanol–water partition coefficient (Wildman–Crippen LogP) is 4.54. The SMILES string of the molecule is CCC(CNc1ccon1)OC(C)=O.Cc1cc(F)c(C2=CCS(=N)(=O)CC2)c(F)c1. The third-order valence-electron chi connectivity index (χ3n) is 4.54.